The number of allylic oxidation sites excluding steroid dienone is 5. The Morgan fingerprint density at radius 1 is 0.931 bits per heavy atom. The average molecular weight is 397 g/mol. The lowest BCUT2D eigenvalue weighted by Crippen LogP contribution is -2.46. The molecule has 0 amide bonds. The Morgan fingerprint density at radius 3 is 2.41 bits per heavy atom. The number of aliphatic hydroxyl groups is 1. The third kappa shape index (κ3) is 3.50. The number of hydrogen-bond donors (Lipinski definition) is 1. The van der Waals surface area contributed by atoms with Crippen molar-refractivity contribution in [2.75, 3.05) is 0 Å². The molecule has 0 saturated heterocycles. The molecule has 0 aromatic carbocycles. The van der Waals surface area contributed by atoms with Crippen molar-refractivity contribution >= 4 is 0 Å². The molecule has 0 bridgehead atoms. The standard InChI is InChI=1S/C28H44O/c1-18(2)19(3)7-8-20(4)24-11-12-25-23-10-9-21-17-22(29)13-15-27(21,5)26(23)14-16-28(24,25)6/h7-10,18-20,22,24-26,29H,11-17H2,1-6H3/b8-7+/t19-,20+,22-,24?,25-,26?,27-,28+/m0/s1. The van der Waals surface area contributed by atoms with Crippen LogP contribution in [0.25, 0.3) is 0 Å². The molecule has 1 N–H and O–H groups in total. The van der Waals surface area contributed by atoms with E-state index in [1.165, 1.54) is 37.7 Å². The van der Waals surface area contributed by atoms with Gasteiger partial charge in [0, 0.05) is 0 Å². The molecule has 0 spiro atoms. The number of aliphatic hydroxyl groups excluding tert-OH is 1. The van der Waals surface area contributed by atoms with E-state index in [-0.39, 0.29) is 6.10 Å². The predicted molar refractivity (Wildman–Crippen MR) is 123 cm³/mol. The van der Waals surface area contributed by atoms with Crippen molar-refractivity contribution in [2.45, 2.75) is 92.6 Å². The smallest absolute Gasteiger partial charge is 0.0578 e. The molecule has 4 aliphatic carbocycles. The Labute approximate surface area is 179 Å². The SMILES string of the molecule is CC(C)[C@@H](C)/C=C/[C@@H](C)C1CC[C@H]2C3=CC=C4C[C@@H](O)CC[C@]4(C)C3CC[C@]12C. The highest BCUT2D eigenvalue weighted by molar-refractivity contribution is 5.39. The van der Waals surface area contributed by atoms with Crippen molar-refractivity contribution in [2.24, 2.45) is 46.3 Å². The van der Waals surface area contributed by atoms with Crippen molar-refractivity contribution in [1.29, 1.82) is 0 Å². The fraction of sp³-hybridized carbons (Fsp3) is 0.786. The molecule has 162 valence electrons. The third-order valence-corrected chi connectivity index (χ3v) is 10.0. The van der Waals surface area contributed by atoms with E-state index in [4.69, 9.17) is 0 Å². The fourth-order valence-corrected chi connectivity index (χ4v) is 7.59. The summed E-state index contributed by atoms with van der Waals surface area (Å²) in [6, 6.07) is 0. The summed E-state index contributed by atoms with van der Waals surface area (Å²) in [6.45, 7) is 14.6. The highest BCUT2D eigenvalue weighted by atomic mass is 16.3. The lowest BCUT2D eigenvalue weighted by atomic mass is 9.50. The molecule has 0 aliphatic heterocycles. The van der Waals surface area contributed by atoms with Crippen LogP contribution in [0.4, 0.5) is 0 Å². The zero-order chi connectivity index (χ0) is 21.0. The van der Waals surface area contributed by atoms with E-state index in [0.717, 1.165) is 36.5 Å². The molecule has 1 heteroatoms. The minimum absolute atomic E-state index is 0.116. The molecule has 4 rings (SSSR count). The maximum atomic E-state index is 10.2. The molecule has 3 fully saturated rings. The summed E-state index contributed by atoms with van der Waals surface area (Å²) in [4.78, 5) is 0. The predicted octanol–water partition coefficient (Wildman–Crippen LogP) is 7.33. The molecule has 4 aliphatic rings. The topological polar surface area (TPSA) is 20.2 Å². The van der Waals surface area contributed by atoms with E-state index in [1.807, 2.05) is 0 Å². The summed E-state index contributed by atoms with van der Waals surface area (Å²) < 4.78 is 0. The Kier molecular flexibility index (Phi) is 5.69. The first kappa shape index (κ1) is 21.4. The van der Waals surface area contributed by atoms with Gasteiger partial charge in [0.25, 0.3) is 0 Å². The van der Waals surface area contributed by atoms with Crippen LogP contribution in [0.15, 0.2) is 35.5 Å². The molecule has 0 radical (unpaired) electrons. The van der Waals surface area contributed by atoms with Gasteiger partial charge in [-0.15, -0.1) is 0 Å². The van der Waals surface area contributed by atoms with Gasteiger partial charge in [0.2, 0.25) is 0 Å². The quantitative estimate of drug-likeness (QED) is 0.493. The molecule has 29 heavy (non-hydrogen) atoms. The van der Waals surface area contributed by atoms with E-state index in [0.29, 0.717) is 22.7 Å². The van der Waals surface area contributed by atoms with E-state index in [9.17, 15) is 5.11 Å². The van der Waals surface area contributed by atoms with Gasteiger partial charge >= 0.3 is 0 Å². The van der Waals surface area contributed by atoms with Gasteiger partial charge in [0.15, 0.2) is 0 Å². The third-order valence-electron chi connectivity index (χ3n) is 10.0. The first-order valence-electron chi connectivity index (χ1n) is 12.4. The van der Waals surface area contributed by atoms with Gasteiger partial charge < -0.3 is 5.11 Å². The summed E-state index contributed by atoms with van der Waals surface area (Å²) in [5.41, 5.74) is 4.07. The molecular weight excluding hydrogens is 352 g/mol. The summed E-state index contributed by atoms with van der Waals surface area (Å²) >= 11 is 0. The maximum Gasteiger partial charge on any atom is 0.0578 e. The van der Waals surface area contributed by atoms with Gasteiger partial charge in [0.1, 0.15) is 0 Å². The Hall–Kier alpha value is -0.820. The molecular formula is C28H44O. The Bertz CT molecular complexity index is 712. The van der Waals surface area contributed by atoms with Gasteiger partial charge in [-0.2, -0.15) is 0 Å². The summed E-state index contributed by atoms with van der Waals surface area (Å²) in [5.74, 6) is 4.38. The molecule has 2 unspecified atom stereocenters. The van der Waals surface area contributed by atoms with Crippen LogP contribution in [-0.4, -0.2) is 11.2 Å². The second kappa shape index (κ2) is 7.70. The van der Waals surface area contributed by atoms with Crippen molar-refractivity contribution in [3.05, 3.63) is 35.5 Å². The van der Waals surface area contributed by atoms with Crippen LogP contribution in [0.5, 0.6) is 0 Å². The van der Waals surface area contributed by atoms with Crippen LogP contribution in [0, 0.1) is 46.3 Å². The van der Waals surface area contributed by atoms with Crippen molar-refractivity contribution < 1.29 is 5.11 Å². The zero-order valence-corrected chi connectivity index (χ0v) is 19.7. The second-order valence-corrected chi connectivity index (χ2v) is 11.9. The Morgan fingerprint density at radius 2 is 1.69 bits per heavy atom. The number of fused-ring (bicyclic) bond motifs is 5. The lowest BCUT2D eigenvalue weighted by Gasteiger charge is -2.55. The van der Waals surface area contributed by atoms with Gasteiger partial charge in [0.05, 0.1) is 6.10 Å². The highest BCUT2D eigenvalue weighted by Crippen LogP contribution is 2.65. The van der Waals surface area contributed by atoms with Crippen LogP contribution < -0.4 is 0 Å². The van der Waals surface area contributed by atoms with Gasteiger partial charge in [-0.25, -0.2) is 0 Å². The average Bonchev–Trinajstić information content (AvgIpc) is 3.03. The highest BCUT2D eigenvalue weighted by Gasteiger charge is 2.56. The van der Waals surface area contributed by atoms with Crippen molar-refractivity contribution in [3.8, 4) is 0 Å². The summed E-state index contributed by atoms with van der Waals surface area (Å²) in [7, 11) is 0. The monoisotopic (exact) mass is 396 g/mol. The fourth-order valence-electron chi connectivity index (χ4n) is 7.59. The molecule has 0 aromatic rings. The largest absolute Gasteiger partial charge is 0.393 e. The summed E-state index contributed by atoms with van der Waals surface area (Å²) in [5, 5.41) is 10.2. The summed E-state index contributed by atoms with van der Waals surface area (Å²) in [6.07, 6.45) is 18.4. The van der Waals surface area contributed by atoms with Crippen LogP contribution in [0.2, 0.25) is 0 Å². The van der Waals surface area contributed by atoms with Crippen LogP contribution in [0.3, 0.4) is 0 Å². The number of rotatable bonds is 4. The second-order valence-electron chi connectivity index (χ2n) is 11.9. The van der Waals surface area contributed by atoms with Gasteiger partial charge in [-0.1, -0.05) is 77.0 Å². The van der Waals surface area contributed by atoms with Gasteiger partial charge in [-0.3, -0.25) is 0 Å². The maximum absolute atomic E-state index is 10.2. The molecule has 1 nitrogen and oxygen atoms in total. The molecule has 0 heterocycles. The Balaban J connectivity index is 1.57. The van der Waals surface area contributed by atoms with Crippen molar-refractivity contribution in [3.63, 3.8) is 0 Å². The van der Waals surface area contributed by atoms with Gasteiger partial charge in [-0.05, 0) is 91.3 Å². The minimum atomic E-state index is -0.116. The number of hydrogen-bond acceptors (Lipinski definition) is 1. The lowest BCUT2D eigenvalue weighted by molar-refractivity contribution is 0.0382. The normalized spacial score (nSPS) is 44.0. The molecule has 3 saturated carbocycles. The van der Waals surface area contributed by atoms with E-state index in [2.05, 4.69) is 65.8 Å². The van der Waals surface area contributed by atoms with Crippen LogP contribution in [0.1, 0.15) is 86.5 Å². The van der Waals surface area contributed by atoms with E-state index >= 15 is 0 Å². The first-order valence-corrected chi connectivity index (χ1v) is 12.4. The van der Waals surface area contributed by atoms with Crippen molar-refractivity contribution in [1.82, 2.24) is 0 Å². The van der Waals surface area contributed by atoms with E-state index < -0.39 is 0 Å². The van der Waals surface area contributed by atoms with E-state index in [1.54, 1.807) is 5.57 Å². The minimum Gasteiger partial charge on any atom is -0.393 e. The molecule has 0 aromatic heterocycles. The van der Waals surface area contributed by atoms with Crippen LogP contribution in [-0.2, 0) is 0 Å². The van der Waals surface area contributed by atoms with Crippen LogP contribution >= 0.6 is 0 Å². The zero-order valence-electron chi connectivity index (χ0n) is 19.7. The molecule has 8 atom stereocenters. The first-order chi connectivity index (χ1) is 13.7.